The summed E-state index contributed by atoms with van der Waals surface area (Å²) in [5, 5.41) is 0. The zero-order valence-electron chi connectivity index (χ0n) is 13.5. The Morgan fingerprint density at radius 3 is 2.20 bits per heavy atom. The third-order valence-electron chi connectivity index (χ3n) is 3.81. The molecule has 0 aromatic heterocycles. The van der Waals surface area contributed by atoms with Gasteiger partial charge >= 0.3 is 6.36 Å². The van der Waals surface area contributed by atoms with Gasteiger partial charge in [-0.3, -0.25) is 4.90 Å². The summed E-state index contributed by atoms with van der Waals surface area (Å²) in [4.78, 5) is 2.31. The van der Waals surface area contributed by atoms with Crippen LogP contribution in [0.1, 0.15) is 12.0 Å². The lowest BCUT2D eigenvalue weighted by Gasteiger charge is -2.26. The molecule has 2 aromatic carbocycles. The quantitative estimate of drug-likeness (QED) is 0.777. The second kappa shape index (κ2) is 7.61. The Morgan fingerprint density at radius 1 is 0.920 bits per heavy atom. The number of hydrogen-bond donors (Lipinski definition) is 0. The zero-order chi connectivity index (χ0) is 17.7. The number of halogens is 3. The Bertz CT molecular complexity index is 712. The Morgan fingerprint density at radius 2 is 1.60 bits per heavy atom. The molecule has 132 valence electrons. The lowest BCUT2D eigenvalue weighted by Crippen LogP contribution is -2.29. The van der Waals surface area contributed by atoms with Gasteiger partial charge in [-0.1, -0.05) is 30.3 Å². The molecular formula is C19H18F3NO2. The van der Waals surface area contributed by atoms with Gasteiger partial charge in [-0.25, -0.2) is 0 Å². The predicted molar refractivity (Wildman–Crippen MR) is 88.2 cm³/mol. The highest BCUT2D eigenvalue weighted by Gasteiger charge is 2.31. The molecule has 3 nitrogen and oxygen atoms in total. The van der Waals surface area contributed by atoms with Crippen LogP contribution in [0, 0.1) is 0 Å². The van der Waals surface area contributed by atoms with E-state index >= 15 is 0 Å². The van der Waals surface area contributed by atoms with Gasteiger partial charge in [-0.2, -0.15) is 0 Å². The van der Waals surface area contributed by atoms with Gasteiger partial charge in [0.1, 0.15) is 17.3 Å². The minimum atomic E-state index is -4.68. The van der Waals surface area contributed by atoms with Crippen LogP contribution in [-0.4, -0.2) is 24.4 Å². The molecule has 0 unspecified atom stereocenters. The minimum Gasteiger partial charge on any atom is -0.462 e. The fourth-order valence-corrected chi connectivity index (χ4v) is 2.63. The smallest absolute Gasteiger partial charge is 0.462 e. The topological polar surface area (TPSA) is 21.7 Å². The molecule has 0 amide bonds. The SMILES string of the molecule is FC(F)(F)Oc1ccc(OC2=CCN(Cc3ccccc3)CC2)cc1. The van der Waals surface area contributed by atoms with Gasteiger partial charge in [-0.05, 0) is 35.9 Å². The van der Waals surface area contributed by atoms with Crippen LogP contribution in [-0.2, 0) is 6.54 Å². The predicted octanol–water partition coefficient (Wildman–Crippen LogP) is 4.75. The molecular weight excluding hydrogens is 331 g/mol. The maximum atomic E-state index is 12.1. The monoisotopic (exact) mass is 349 g/mol. The molecule has 0 aliphatic carbocycles. The largest absolute Gasteiger partial charge is 0.573 e. The molecule has 0 N–H and O–H groups in total. The molecule has 0 saturated heterocycles. The van der Waals surface area contributed by atoms with Crippen molar-refractivity contribution in [3.05, 3.63) is 72.0 Å². The first-order valence-corrected chi connectivity index (χ1v) is 7.97. The van der Waals surface area contributed by atoms with E-state index in [2.05, 4.69) is 21.8 Å². The van der Waals surface area contributed by atoms with Crippen LogP contribution >= 0.6 is 0 Å². The van der Waals surface area contributed by atoms with E-state index in [4.69, 9.17) is 4.74 Å². The molecule has 0 radical (unpaired) electrons. The van der Waals surface area contributed by atoms with Gasteiger partial charge in [0, 0.05) is 26.1 Å². The molecule has 6 heteroatoms. The second-order valence-electron chi connectivity index (χ2n) is 5.76. The number of ether oxygens (including phenoxy) is 2. The van der Waals surface area contributed by atoms with Crippen molar-refractivity contribution in [3.8, 4) is 11.5 Å². The van der Waals surface area contributed by atoms with Crippen molar-refractivity contribution in [3.63, 3.8) is 0 Å². The van der Waals surface area contributed by atoms with Gasteiger partial charge in [0.05, 0.1) is 0 Å². The second-order valence-corrected chi connectivity index (χ2v) is 5.76. The van der Waals surface area contributed by atoms with Crippen molar-refractivity contribution in [2.24, 2.45) is 0 Å². The van der Waals surface area contributed by atoms with E-state index in [0.29, 0.717) is 5.75 Å². The fourth-order valence-electron chi connectivity index (χ4n) is 2.63. The van der Waals surface area contributed by atoms with Gasteiger partial charge in [0.15, 0.2) is 0 Å². The van der Waals surface area contributed by atoms with Crippen LogP contribution in [0.25, 0.3) is 0 Å². The highest BCUT2D eigenvalue weighted by molar-refractivity contribution is 5.32. The number of alkyl halides is 3. The zero-order valence-corrected chi connectivity index (χ0v) is 13.5. The van der Waals surface area contributed by atoms with Gasteiger partial charge < -0.3 is 9.47 Å². The van der Waals surface area contributed by atoms with E-state index in [1.54, 1.807) is 0 Å². The number of rotatable bonds is 5. The Hall–Kier alpha value is -2.47. The molecule has 2 aromatic rings. The molecule has 0 saturated carbocycles. The first-order valence-electron chi connectivity index (χ1n) is 7.97. The van der Waals surface area contributed by atoms with E-state index in [9.17, 15) is 13.2 Å². The molecule has 1 heterocycles. The van der Waals surface area contributed by atoms with Crippen molar-refractivity contribution in [2.45, 2.75) is 19.3 Å². The van der Waals surface area contributed by atoms with Gasteiger partial charge in [-0.15, -0.1) is 13.2 Å². The van der Waals surface area contributed by atoms with Crippen LogP contribution in [0.3, 0.4) is 0 Å². The molecule has 0 bridgehead atoms. The normalized spacial score (nSPS) is 15.6. The molecule has 0 spiro atoms. The standard InChI is InChI=1S/C19H18F3NO2/c20-19(21,22)25-18-8-6-16(7-9-18)24-17-10-12-23(13-11-17)14-15-4-2-1-3-5-15/h1-10H,11-14H2. The number of nitrogens with zero attached hydrogens (tertiary/aromatic N) is 1. The lowest BCUT2D eigenvalue weighted by molar-refractivity contribution is -0.274. The van der Waals surface area contributed by atoms with Crippen LogP contribution in [0.2, 0.25) is 0 Å². The summed E-state index contributed by atoms with van der Waals surface area (Å²) < 4.78 is 46.0. The van der Waals surface area contributed by atoms with Crippen molar-refractivity contribution in [2.75, 3.05) is 13.1 Å². The van der Waals surface area contributed by atoms with Gasteiger partial charge in [0.25, 0.3) is 0 Å². The third kappa shape index (κ3) is 5.53. The average molecular weight is 349 g/mol. The summed E-state index contributed by atoms with van der Waals surface area (Å²) in [6, 6.07) is 15.7. The fraction of sp³-hybridized carbons (Fsp3) is 0.263. The summed E-state index contributed by atoms with van der Waals surface area (Å²) in [7, 11) is 0. The summed E-state index contributed by atoms with van der Waals surface area (Å²) >= 11 is 0. The number of hydrogen-bond acceptors (Lipinski definition) is 3. The molecule has 25 heavy (non-hydrogen) atoms. The summed E-state index contributed by atoms with van der Waals surface area (Å²) in [5.74, 6) is 1.07. The van der Waals surface area contributed by atoms with Crippen LogP contribution in [0.5, 0.6) is 11.5 Å². The van der Waals surface area contributed by atoms with E-state index in [0.717, 1.165) is 31.8 Å². The minimum absolute atomic E-state index is 0.258. The van der Waals surface area contributed by atoms with Crippen LogP contribution in [0.15, 0.2) is 66.4 Å². The molecule has 1 aliphatic rings. The highest BCUT2D eigenvalue weighted by Crippen LogP contribution is 2.26. The maximum Gasteiger partial charge on any atom is 0.573 e. The summed E-state index contributed by atoms with van der Waals surface area (Å²) in [6.07, 6.45) is -1.92. The Balaban J connectivity index is 1.52. The van der Waals surface area contributed by atoms with Crippen molar-refractivity contribution in [1.29, 1.82) is 0 Å². The Kier molecular flexibility index (Phi) is 5.28. The summed E-state index contributed by atoms with van der Waals surface area (Å²) in [5.41, 5.74) is 1.26. The third-order valence-corrected chi connectivity index (χ3v) is 3.81. The summed E-state index contributed by atoms with van der Waals surface area (Å²) in [6.45, 7) is 2.53. The highest BCUT2D eigenvalue weighted by atomic mass is 19.4. The maximum absolute atomic E-state index is 12.1. The lowest BCUT2D eigenvalue weighted by atomic mass is 10.1. The van der Waals surface area contributed by atoms with E-state index in [1.807, 2.05) is 24.3 Å². The first-order chi connectivity index (χ1) is 12.0. The van der Waals surface area contributed by atoms with Crippen LogP contribution < -0.4 is 9.47 Å². The number of benzene rings is 2. The van der Waals surface area contributed by atoms with E-state index < -0.39 is 6.36 Å². The average Bonchev–Trinajstić information content (AvgIpc) is 2.58. The van der Waals surface area contributed by atoms with Gasteiger partial charge in [0.2, 0.25) is 0 Å². The Labute approximate surface area is 144 Å². The van der Waals surface area contributed by atoms with E-state index in [-0.39, 0.29) is 5.75 Å². The molecule has 0 fully saturated rings. The first kappa shape index (κ1) is 17.4. The molecule has 1 aliphatic heterocycles. The molecule has 0 atom stereocenters. The van der Waals surface area contributed by atoms with Crippen LogP contribution in [0.4, 0.5) is 13.2 Å². The van der Waals surface area contributed by atoms with E-state index in [1.165, 1.54) is 29.8 Å². The van der Waals surface area contributed by atoms with Crippen molar-refractivity contribution < 1.29 is 22.6 Å². The van der Waals surface area contributed by atoms with Crippen molar-refractivity contribution >= 4 is 0 Å². The molecule has 3 rings (SSSR count). The van der Waals surface area contributed by atoms with Crippen molar-refractivity contribution in [1.82, 2.24) is 4.90 Å².